The van der Waals surface area contributed by atoms with E-state index >= 15 is 0 Å². The van der Waals surface area contributed by atoms with E-state index in [4.69, 9.17) is 4.98 Å². The molecule has 2 heterocycles. The molecule has 0 amide bonds. The highest BCUT2D eigenvalue weighted by molar-refractivity contribution is 5.76. The highest BCUT2D eigenvalue weighted by Crippen LogP contribution is 2.31. The van der Waals surface area contributed by atoms with E-state index < -0.39 is 0 Å². The van der Waals surface area contributed by atoms with Gasteiger partial charge in [-0.2, -0.15) is 0 Å². The lowest BCUT2D eigenvalue weighted by Gasteiger charge is -2.12. The van der Waals surface area contributed by atoms with E-state index in [0.717, 1.165) is 47.3 Å². The van der Waals surface area contributed by atoms with Crippen molar-refractivity contribution in [2.45, 2.75) is 39.3 Å². The molecule has 4 aromatic carbocycles. The van der Waals surface area contributed by atoms with E-state index in [0.29, 0.717) is 35.2 Å². The Bertz CT molecular complexity index is 2110. The van der Waals surface area contributed by atoms with Crippen molar-refractivity contribution in [2.75, 3.05) is 0 Å². The number of hydrogen-bond donors (Lipinski definition) is 0. The van der Waals surface area contributed by atoms with E-state index in [-0.39, 0.29) is 26.8 Å². The molecule has 0 saturated carbocycles. The normalized spacial score (nSPS) is 11.2. The summed E-state index contributed by atoms with van der Waals surface area (Å²) in [5.41, 5.74) is 5.47. The van der Waals surface area contributed by atoms with Crippen LogP contribution in [0.1, 0.15) is 36.7 Å². The fourth-order valence-electron chi connectivity index (χ4n) is 5.76. The molecule has 0 radical (unpaired) electrons. The number of nitrogens with zero attached hydrogens (tertiary/aromatic N) is 5. The molecule has 0 unspecified atom stereocenters. The van der Waals surface area contributed by atoms with Crippen LogP contribution in [-0.4, -0.2) is 24.0 Å². The van der Waals surface area contributed by atoms with Gasteiger partial charge in [0.2, 0.25) is 0 Å². The van der Waals surface area contributed by atoms with Crippen LogP contribution in [0.15, 0.2) is 114 Å². The number of aryl methyl sites for hydroxylation is 1. The number of hydrogen-bond acceptors (Lipinski definition) is 6. The first kappa shape index (κ1) is 30.1. The lowest BCUT2D eigenvalue weighted by Crippen LogP contribution is -2.22. The largest absolute Gasteiger partial charge is 0.319 e. The minimum Gasteiger partial charge on any atom is -0.319 e. The molecule has 0 fully saturated rings. The number of nitro groups is 2. The summed E-state index contributed by atoms with van der Waals surface area (Å²) in [5.74, 6) is 0.836. The zero-order valence-corrected chi connectivity index (χ0v) is 25.2. The maximum Gasteiger partial charge on any atom is 0.277 e. The van der Waals surface area contributed by atoms with Crippen LogP contribution in [0, 0.1) is 20.2 Å². The number of rotatable bonds is 11. The second-order valence-corrected chi connectivity index (χ2v) is 11.1. The quantitative estimate of drug-likeness (QED) is 0.108. The topological polar surface area (TPSA) is 126 Å². The number of aromatic nitrogens is 3. The smallest absolute Gasteiger partial charge is 0.277 e. The second kappa shape index (κ2) is 13.0. The fourth-order valence-corrected chi connectivity index (χ4v) is 5.76. The molecule has 0 N–H and O–H groups in total. The number of imidazole rings is 1. The van der Waals surface area contributed by atoms with Gasteiger partial charge in [-0.1, -0.05) is 86.1 Å². The number of benzene rings is 4. The van der Waals surface area contributed by atoms with Crippen LogP contribution in [0.3, 0.4) is 0 Å². The molecule has 230 valence electrons. The van der Waals surface area contributed by atoms with Crippen molar-refractivity contribution in [2.24, 2.45) is 0 Å². The highest BCUT2D eigenvalue weighted by atomic mass is 16.6. The Morgan fingerprint density at radius 2 is 1.22 bits per heavy atom. The first-order chi connectivity index (χ1) is 22.3. The molecule has 0 spiro atoms. The van der Waals surface area contributed by atoms with E-state index in [9.17, 15) is 25.0 Å². The second-order valence-electron chi connectivity index (χ2n) is 11.1. The lowest BCUT2D eigenvalue weighted by atomic mass is 10.0. The summed E-state index contributed by atoms with van der Waals surface area (Å²) in [6, 6.07) is 30.2. The summed E-state index contributed by atoms with van der Waals surface area (Å²) in [6.45, 7) is 2.87. The number of pyridine rings is 1. The van der Waals surface area contributed by atoms with Crippen molar-refractivity contribution in [3.05, 3.63) is 157 Å². The Balaban J connectivity index is 1.31. The van der Waals surface area contributed by atoms with Crippen molar-refractivity contribution in [1.82, 2.24) is 14.1 Å². The van der Waals surface area contributed by atoms with Crippen molar-refractivity contribution >= 4 is 22.4 Å². The zero-order valence-electron chi connectivity index (χ0n) is 25.2. The van der Waals surface area contributed by atoms with Crippen molar-refractivity contribution < 1.29 is 9.85 Å². The van der Waals surface area contributed by atoms with Gasteiger partial charge in [-0.15, -0.1) is 0 Å². The van der Waals surface area contributed by atoms with Crippen LogP contribution in [0.5, 0.6) is 0 Å². The van der Waals surface area contributed by atoms with Crippen LogP contribution in [-0.2, 0) is 19.5 Å². The number of unbranched alkanes of at least 4 members (excludes halogenated alkanes) is 1. The summed E-state index contributed by atoms with van der Waals surface area (Å²) in [6.07, 6.45) is 4.40. The van der Waals surface area contributed by atoms with Crippen LogP contribution < -0.4 is 5.56 Å². The first-order valence-electron chi connectivity index (χ1n) is 15.1. The molecule has 0 atom stereocenters. The number of fused-ring (bicyclic) bond motifs is 1. The predicted molar refractivity (Wildman–Crippen MR) is 178 cm³/mol. The zero-order chi connectivity index (χ0) is 32.2. The average molecular weight is 614 g/mol. The van der Waals surface area contributed by atoms with Crippen LogP contribution >= 0.6 is 0 Å². The summed E-state index contributed by atoms with van der Waals surface area (Å²) < 4.78 is 3.64. The monoisotopic (exact) mass is 613 g/mol. The SMILES string of the molecule is CCCCc1nc2ccn(Cc3ccc(-c4ccccc4[N+](=O)[O-])cc3)c(=O)c2n1Cc1ccc(-c2ccccc2[N+](=O)[O-])cc1. The lowest BCUT2D eigenvalue weighted by molar-refractivity contribution is -0.384. The molecule has 6 aromatic rings. The molecule has 10 heteroatoms. The minimum absolute atomic E-state index is 0.0417. The van der Waals surface area contributed by atoms with Gasteiger partial charge < -0.3 is 9.13 Å². The Hall–Kier alpha value is -5.90. The summed E-state index contributed by atoms with van der Waals surface area (Å²) in [7, 11) is 0. The van der Waals surface area contributed by atoms with Gasteiger partial charge in [0.05, 0.1) is 33.0 Å². The van der Waals surface area contributed by atoms with Gasteiger partial charge >= 0.3 is 0 Å². The average Bonchev–Trinajstić information content (AvgIpc) is 3.43. The minimum atomic E-state index is -0.389. The van der Waals surface area contributed by atoms with Crippen molar-refractivity contribution in [3.8, 4) is 22.3 Å². The van der Waals surface area contributed by atoms with Crippen LogP contribution in [0.2, 0.25) is 0 Å². The molecule has 10 nitrogen and oxygen atoms in total. The Morgan fingerprint density at radius 3 is 1.74 bits per heavy atom. The number of nitro benzene ring substituents is 2. The van der Waals surface area contributed by atoms with Gasteiger partial charge in [0.1, 0.15) is 11.3 Å². The summed E-state index contributed by atoms with van der Waals surface area (Å²) in [5, 5.41) is 23.0. The molecule has 2 aromatic heterocycles. The van der Waals surface area contributed by atoms with E-state index in [1.54, 1.807) is 47.2 Å². The fraction of sp³-hybridized carbons (Fsp3) is 0.167. The molecule has 0 aliphatic carbocycles. The Kier molecular flexibility index (Phi) is 8.51. The third-order valence-electron chi connectivity index (χ3n) is 8.13. The Morgan fingerprint density at radius 1 is 0.696 bits per heavy atom. The van der Waals surface area contributed by atoms with E-state index in [1.165, 1.54) is 12.1 Å². The van der Waals surface area contributed by atoms with Gasteiger partial charge in [0.25, 0.3) is 16.9 Å². The van der Waals surface area contributed by atoms with Gasteiger partial charge in [0.15, 0.2) is 0 Å². The molecule has 0 bridgehead atoms. The van der Waals surface area contributed by atoms with Crippen LogP contribution in [0.25, 0.3) is 33.3 Å². The molecule has 6 rings (SSSR count). The molecule has 0 aliphatic heterocycles. The Labute approximate surface area is 264 Å². The molecular formula is C36H31N5O5. The molecule has 0 saturated heterocycles. The third kappa shape index (κ3) is 6.05. The van der Waals surface area contributed by atoms with E-state index in [2.05, 4.69) is 6.92 Å². The van der Waals surface area contributed by atoms with Gasteiger partial charge in [0, 0.05) is 31.3 Å². The van der Waals surface area contributed by atoms with Gasteiger partial charge in [-0.05, 0) is 46.9 Å². The molecule has 0 aliphatic rings. The van der Waals surface area contributed by atoms with Crippen molar-refractivity contribution in [3.63, 3.8) is 0 Å². The number of para-hydroxylation sites is 2. The predicted octanol–water partition coefficient (Wildman–Crippen LogP) is 7.79. The first-order valence-corrected chi connectivity index (χ1v) is 15.1. The van der Waals surface area contributed by atoms with Crippen LogP contribution in [0.4, 0.5) is 11.4 Å². The van der Waals surface area contributed by atoms with E-state index in [1.807, 2.05) is 59.2 Å². The third-order valence-corrected chi connectivity index (χ3v) is 8.13. The summed E-state index contributed by atoms with van der Waals surface area (Å²) in [4.78, 5) is 41.1. The molecule has 46 heavy (non-hydrogen) atoms. The maximum atomic E-state index is 13.9. The molecular weight excluding hydrogens is 582 g/mol. The van der Waals surface area contributed by atoms with Crippen molar-refractivity contribution in [1.29, 1.82) is 0 Å². The van der Waals surface area contributed by atoms with Gasteiger partial charge in [-0.3, -0.25) is 25.0 Å². The highest BCUT2D eigenvalue weighted by Gasteiger charge is 2.18. The van der Waals surface area contributed by atoms with Gasteiger partial charge in [-0.25, -0.2) is 4.98 Å². The standard InChI is InChI=1S/C36H31N5O5/c1-2-3-12-34-37-31-21-22-38(23-25-13-17-27(18-14-25)29-8-4-6-10-32(29)40(43)44)36(42)35(31)39(34)24-26-15-19-28(20-16-26)30-9-5-7-11-33(30)41(45)46/h4-11,13-22H,2-3,12,23-24H2,1H3. The summed E-state index contributed by atoms with van der Waals surface area (Å²) >= 11 is 0. The maximum absolute atomic E-state index is 13.9.